The van der Waals surface area contributed by atoms with Gasteiger partial charge in [-0.3, -0.25) is 4.68 Å². The summed E-state index contributed by atoms with van der Waals surface area (Å²) in [5, 5.41) is 12.1. The third-order valence-corrected chi connectivity index (χ3v) is 2.44. The quantitative estimate of drug-likeness (QED) is 0.848. The molecule has 0 bridgehead atoms. The molecular weight excluding hydrogens is 214 g/mol. The lowest BCUT2D eigenvalue weighted by Crippen LogP contribution is -2.19. The van der Waals surface area contributed by atoms with Crippen molar-refractivity contribution >= 4 is 0 Å². The highest BCUT2D eigenvalue weighted by molar-refractivity contribution is 5.19. The highest BCUT2D eigenvalue weighted by atomic mass is 15.4. The number of aryl methyl sites for hydroxylation is 1. The lowest BCUT2D eigenvalue weighted by atomic mass is 10.2. The van der Waals surface area contributed by atoms with Crippen molar-refractivity contribution in [1.29, 1.82) is 0 Å². The number of nitrogens with zero attached hydrogens (tertiary/aromatic N) is 4. The summed E-state index contributed by atoms with van der Waals surface area (Å²) in [5.74, 6) is 1.51. The van der Waals surface area contributed by atoms with E-state index in [1.165, 1.54) is 0 Å². The summed E-state index contributed by atoms with van der Waals surface area (Å²) in [6, 6.07) is 3.96. The Morgan fingerprint density at radius 2 is 2.06 bits per heavy atom. The van der Waals surface area contributed by atoms with E-state index in [0.717, 1.165) is 24.6 Å². The van der Waals surface area contributed by atoms with Gasteiger partial charge in [-0.2, -0.15) is 10.2 Å². The molecule has 0 spiro atoms. The average molecular weight is 233 g/mol. The molecule has 0 aliphatic carbocycles. The first-order valence-electron chi connectivity index (χ1n) is 5.90. The smallest absolute Gasteiger partial charge is 0.174 e. The lowest BCUT2D eigenvalue weighted by Gasteiger charge is -2.04. The first-order chi connectivity index (χ1) is 8.15. The van der Waals surface area contributed by atoms with Gasteiger partial charge in [0.15, 0.2) is 5.82 Å². The fourth-order valence-corrected chi connectivity index (χ4v) is 1.60. The lowest BCUT2D eigenvalue weighted by molar-refractivity contribution is 0.546. The van der Waals surface area contributed by atoms with Crippen molar-refractivity contribution in [2.24, 2.45) is 13.0 Å². The number of nitrogens with one attached hydrogen (secondary N) is 1. The van der Waals surface area contributed by atoms with E-state index in [1.54, 1.807) is 9.36 Å². The van der Waals surface area contributed by atoms with Crippen molar-refractivity contribution in [3.05, 3.63) is 30.2 Å². The first kappa shape index (κ1) is 11.9. The molecule has 0 fully saturated rings. The van der Waals surface area contributed by atoms with Crippen molar-refractivity contribution in [2.45, 2.75) is 20.4 Å². The maximum atomic E-state index is 4.47. The molecule has 0 atom stereocenters. The van der Waals surface area contributed by atoms with Crippen molar-refractivity contribution in [3.8, 4) is 5.82 Å². The van der Waals surface area contributed by atoms with Gasteiger partial charge in [0.05, 0.1) is 5.69 Å². The van der Waals surface area contributed by atoms with Gasteiger partial charge >= 0.3 is 0 Å². The summed E-state index contributed by atoms with van der Waals surface area (Å²) in [7, 11) is 1.90. The molecule has 0 aliphatic rings. The molecule has 92 valence electrons. The molecule has 0 aliphatic heterocycles. The second-order valence-corrected chi connectivity index (χ2v) is 4.62. The molecule has 2 aromatic heterocycles. The van der Waals surface area contributed by atoms with E-state index in [9.17, 15) is 0 Å². The third-order valence-electron chi connectivity index (χ3n) is 2.44. The molecule has 0 radical (unpaired) electrons. The van der Waals surface area contributed by atoms with Crippen LogP contribution in [0.1, 0.15) is 19.5 Å². The van der Waals surface area contributed by atoms with Crippen LogP contribution in [0.3, 0.4) is 0 Å². The molecule has 17 heavy (non-hydrogen) atoms. The van der Waals surface area contributed by atoms with Gasteiger partial charge in [-0.05, 0) is 18.5 Å². The topological polar surface area (TPSA) is 47.7 Å². The van der Waals surface area contributed by atoms with Crippen LogP contribution in [-0.2, 0) is 13.6 Å². The second-order valence-electron chi connectivity index (χ2n) is 4.62. The predicted octanol–water partition coefficient (Wildman–Crippen LogP) is 1.35. The number of hydrogen-bond acceptors (Lipinski definition) is 3. The standard InChI is InChI=1S/C12H19N5/c1-10(2)8-13-9-11-4-7-17(14-11)12-5-6-16(3)15-12/h4-7,10,13H,8-9H2,1-3H3. The van der Waals surface area contributed by atoms with E-state index < -0.39 is 0 Å². The Bertz CT molecular complexity index is 469. The summed E-state index contributed by atoms with van der Waals surface area (Å²) in [6.45, 7) is 6.20. The zero-order valence-corrected chi connectivity index (χ0v) is 10.6. The van der Waals surface area contributed by atoms with E-state index in [4.69, 9.17) is 0 Å². The highest BCUT2D eigenvalue weighted by Gasteiger charge is 2.03. The van der Waals surface area contributed by atoms with Crippen LogP contribution in [0.15, 0.2) is 24.5 Å². The van der Waals surface area contributed by atoms with Crippen LogP contribution in [-0.4, -0.2) is 26.1 Å². The van der Waals surface area contributed by atoms with Crippen LogP contribution < -0.4 is 5.32 Å². The average Bonchev–Trinajstić information content (AvgIpc) is 2.86. The van der Waals surface area contributed by atoms with Gasteiger partial charge in [0.25, 0.3) is 0 Å². The Balaban J connectivity index is 1.96. The van der Waals surface area contributed by atoms with Crippen LogP contribution in [0.25, 0.3) is 5.82 Å². The number of aromatic nitrogens is 4. The SMILES string of the molecule is CC(C)CNCc1ccn(-c2ccn(C)n2)n1. The van der Waals surface area contributed by atoms with Gasteiger partial charge in [-0.15, -0.1) is 0 Å². The maximum Gasteiger partial charge on any atom is 0.174 e. The molecule has 2 rings (SSSR count). The molecule has 2 heterocycles. The van der Waals surface area contributed by atoms with Gasteiger partial charge in [0.2, 0.25) is 0 Å². The van der Waals surface area contributed by atoms with E-state index in [-0.39, 0.29) is 0 Å². The summed E-state index contributed by atoms with van der Waals surface area (Å²) < 4.78 is 3.57. The number of hydrogen-bond donors (Lipinski definition) is 1. The summed E-state index contributed by atoms with van der Waals surface area (Å²) in [4.78, 5) is 0. The molecule has 1 N–H and O–H groups in total. The van der Waals surface area contributed by atoms with Crippen molar-refractivity contribution in [3.63, 3.8) is 0 Å². The van der Waals surface area contributed by atoms with Crippen LogP contribution in [0.5, 0.6) is 0 Å². The molecule has 0 saturated carbocycles. The highest BCUT2D eigenvalue weighted by Crippen LogP contribution is 2.04. The molecule has 0 saturated heterocycles. The van der Waals surface area contributed by atoms with Gasteiger partial charge in [-0.25, -0.2) is 4.68 Å². The van der Waals surface area contributed by atoms with Gasteiger partial charge in [0, 0.05) is 32.1 Å². The second kappa shape index (κ2) is 5.14. The third kappa shape index (κ3) is 3.17. The minimum atomic E-state index is 0.660. The maximum absolute atomic E-state index is 4.47. The first-order valence-corrected chi connectivity index (χ1v) is 5.90. The summed E-state index contributed by atoms with van der Waals surface area (Å²) in [6.07, 6.45) is 3.85. The Hall–Kier alpha value is -1.62. The van der Waals surface area contributed by atoms with Gasteiger partial charge in [0.1, 0.15) is 0 Å². The molecule has 0 unspecified atom stereocenters. The van der Waals surface area contributed by atoms with E-state index in [0.29, 0.717) is 5.92 Å². The van der Waals surface area contributed by atoms with Crippen LogP contribution in [0.4, 0.5) is 0 Å². The van der Waals surface area contributed by atoms with Gasteiger partial charge in [-0.1, -0.05) is 13.8 Å². The van der Waals surface area contributed by atoms with Crippen molar-refractivity contribution < 1.29 is 0 Å². The Morgan fingerprint density at radius 1 is 1.24 bits per heavy atom. The van der Waals surface area contributed by atoms with Crippen molar-refractivity contribution in [1.82, 2.24) is 24.9 Å². The van der Waals surface area contributed by atoms with Crippen LogP contribution >= 0.6 is 0 Å². The molecular formula is C12H19N5. The monoisotopic (exact) mass is 233 g/mol. The zero-order chi connectivity index (χ0) is 12.3. The molecule has 5 heteroatoms. The van der Waals surface area contributed by atoms with E-state index in [2.05, 4.69) is 29.4 Å². The van der Waals surface area contributed by atoms with E-state index >= 15 is 0 Å². The zero-order valence-electron chi connectivity index (χ0n) is 10.6. The fraction of sp³-hybridized carbons (Fsp3) is 0.500. The molecule has 5 nitrogen and oxygen atoms in total. The van der Waals surface area contributed by atoms with E-state index in [1.807, 2.05) is 31.6 Å². The Kier molecular flexibility index (Phi) is 3.58. The Labute approximate surface area is 101 Å². The molecule has 0 aromatic carbocycles. The van der Waals surface area contributed by atoms with Crippen LogP contribution in [0.2, 0.25) is 0 Å². The minimum absolute atomic E-state index is 0.660. The van der Waals surface area contributed by atoms with Gasteiger partial charge < -0.3 is 5.32 Å². The Morgan fingerprint density at radius 3 is 2.71 bits per heavy atom. The summed E-state index contributed by atoms with van der Waals surface area (Å²) in [5.41, 5.74) is 1.04. The minimum Gasteiger partial charge on any atom is -0.311 e. The van der Waals surface area contributed by atoms with Crippen molar-refractivity contribution in [2.75, 3.05) is 6.54 Å². The fourth-order valence-electron chi connectivity index (χ4n) is 1.60. The normalized spacial score (nSPS) is 11.3. The largest absolute Gasteiger partial charge is 0.311 e. The summed E-state index contributed by atoms with van der Waals surface area (Å²) >= 11 is 0. The molecule has 2 aromatic rings. The molecule has 0 amide bonds. The number of rotatable bonds is 5. The predicted molar refractivity (Wildman–Crippen MR) is 66.9 cm³/mol. The van der Waals surface area contributed by atoms with Crippen LogP contribution in [0, 0.1) is 5.92 Å².